The lowest BCUT2D eigenvalue weighted by Gasteiger charge is -2.18. The maximum absolute atomic E-state index is 5.92. The number of H-pyrrole nitrogens is 1. The number of nitrogens with one attached hydrogen (secondary N) is 1. The van der Waals surface area contributed by atoms with E-state index in [0.717, 1.165) is 16.9 Å². The lowest BCUT2D eigenvalue weighted by Crippen LogP contribution is -2.19. The van der Waals surface area contributed by atoms with Crippen molar-refractivity contribution in [3.63, 3.8) is 0 Å². The zero-order valence-corrected chi connectivity index (χ0v) is 11.0. The van der Waals surface area contributed by atoms with E-state index >= 15 is 0 Å². The second-order valence-corrected chi connectivity index (χ2v) is 4.46. The Bertz CT molecular complexity index is 696. The first-order chi connectivity index (χ1) is 9.24. The molecule has 0 aliphatic heterocycles. The summed E-state index contributed by atoms with van der Waals surface area (Å²) in [6.45, 7) is 0.633. The minimum atomic E-state index is 0.194. The number of nitrogens with zero attached hydrogens (tertiary/aromatic N) is 5. The summed E-state index contributed by atoms with van der Waals surface area (Å²) in [4.78, 5) is 14.6. The highest BCUT2D eigenvalue weighted by molar-refractivity contribution is 6.28. The molecule has 0 radical (unpaired) electrons. The standard InChI is InChI=1S/C12H11ClN6/c1-19(7-8-4-2-3-5-14-8)11-9-6-15-18-10(9)16-12(13)17-11/h2-6H,7H2,1H3,(H,15,16,17,18). The first-order valence-corrected chi connectivity index (χ1v) is 6.09. The van der Waals surface area contributed by atoms with Gasteiger partial charge in [-0.3, -0.25) is 10.1 Å². The van der Waals surface area contributed by atoms with Gasteiger partial charge in [-0.1, -0.05) is 6.07 Å². The van der Waals surface area contributed by atoms with Crippen LogP contribution < -0.4 is 4.90 Å². The maximum Gasteiger partial charge on any atom is 0.226 e. The number of hydrogen-bond acceptors (Lipinski definition) is 5. The lowest BCUT2D eigenvalue weighted by molar-refractivity contribution is 0.868. The molecule has 0 aromatic carbocycles. The van der Waals surface area contributed by atoms with Gasteiger partial charge in [0.05, 0.1) is 23.8 Å². The Kier molecular flexibility index (Phi) is 3.00. The van der Waals surface area contributed by atoms with Crippen molar-refractivity contribution >= 4 is 28.5 Å². The molecule has 19 heavy (non-hydrogen) atoms. The van der Waals surface area contributed by atoms with Gasteiger partial charge in [-0.15, -0.1) is 0 Å². The molecule has 0 saturated carbocycles. The number of hydrogen-bond donors (Lipinski definition) is 1. The van der Waals surface area contributed by atoms with Crippen molar-refractivity contribution in [2.45, 2.75) is 6.54 Å². The van der Waals surface area contributed by atoms with E-state index in [1.807, 2.05) is 30.1 Å². The minimum absolute atomic E-state index is 0.194. The van der Waals surface area contributed by atoms with Crippen molar-refractivity contribution in [3.05, 3.63) is 41.6 Å². The summed E-state index contributed by atoms with van der Waals surface area (Å²) in [6, 6.07) is 5.81. The van der Waals surface area contributed by atoms with Gasteiger partial charge in [0.1, 0.15) is 5.82 Å². The van der Waals surface area contributed by atoms with E-state index in [4.69, 9.17) is 11.6 Å². The fraction of sp³-hybridized carbons (Fsp3) is 0.167. The van der Waals surface area contributed by atoms with Crippen LogP contribution in [0.1, 0.15) is 5.69 Å². The highest BCUT2D eigenvalue weighted by Gasteiger charge is 2.13. The van der Waals surface area contributed by atoms with Crippen molar-refractivity contribution in [1.82, 2.24) is 25.1 Å². The first kappa shape index (κ1) is 11.9. The third kappa shape index (κ3) is 2.34. The third-order valence-corrected chi connectivity index (χ3v) is 2.92. The number of aromatic amines is 1. The van der Waals surface area contributed by atoms with Crippen molar-refractivity contribution in [2.75, 3.05) is 11.9 Å². The molecule has 0 aliphatic rings. The Hall–Kier alpha value is -2.21. The van der Waals surface area contributed by atoms with Crippen LogP contribution in [-0.2, 0) is 6.54 Å². The molecular formula is C12H11ClN6. The van der Waals surface area contributed by atoms with Crippen molar-refractivity contribution in [1.29, 1.82) is 0 Å². The number of fused-ring (bicyclic) bond motifs is 1. The molecule has 0 amide bonds. The second-order valence-electron chi connectivity index (χ2n) is 4.13. The molecule has 1 N–H and O–H groups in total. The zero-order chi connectivity index (χ0) is 13.2. The first-order valence-electron chi connectivity index (χ1n) is 5.71. The van der Waals surface area contributed by atoms with Crippen LogP contribution in [0, 0.1) is 0 Å². The van der Waals surface area contributed by atoms with Crippen LogP contribution >= 0.6 is 11.6 Å². The molecule has 0 saturated heterocycles. The number of rotatable bonds is 3. The van der Waals surface area contributed by atoms with E-state index in [-0.39, 0.29) is 5.28 Å². The van der Waals surface area contributed by atoms with Crippen molar-refractivity contribution in [3.8, 4) is 0 Å². The zero-order valence-electron chi connectivity index (χ0n) is 10.2. The summed E-state index contributed by atoms with van der Waals surface area (Å²) in [5.74, 6) is 0.731. The molecule has 3 aromatic heterocycles. The SMILES string of the molecule is CN(Cc1ccccn1)c1nc(Cl)nc2[nH]ncc12. The largest absolute Gasteiger partial charge is 0.353 e. The summed E-state index contributed by atoms with van der Waals surface area (Å²) < 4.78 is 0. The Morgan fingerprint density at radius 1 is 1.32 bits per heavy atom. The molecule has 0 aliphatic carbocycles. The van der Waals surface area contributed by atoms with Crippen molar-refractivity contribution < 1.29 is 0 Å². The van der Waals surface area contributed by atoms with Gasteiger partial charge in [-0.05, 0) is 23.7 Å². The summed E-state index contributed by atoms with van der Waals surface area (Å²) in [5, 5.41) is 7.79. The Morgan fingerprint density at radius 2 is 2.21 bits per heavy atom. The fourth-order valence-electron chi connectivity index (χ4n) is 1.89. The number of aromatic nitrogens is 5. The topological polar surface area (TPSA) is 70.6 Å². The smallest absolute Gasteiger partial charge is 0.226 e. The van der Waals surface area contributed by atoms with Gasteiger partial charge in [0, 0.05) is 13.2 Å². The van der Waals surface area contributed by atoms with Gasteiger partial charge in [0.15, 0.2) is 5.65 Å². The summed E-state index contributed by atoms with van der Waals surface area (Å²) in [6.07, 6.45) is 3.46. The normalized spacial score (nSPS) is 10.8. The number of pyridine rings is 1. The molecule has 0 fully saturated rings. The summed E-state index contributed by atoms with van der Waals surface area (Å²) in [7, 11) is 1.93. The molecule has 3 heterocycles. The quantitative estimate of drug-likeness (QED) is 0.740. The van der Waals surface area contributed by atoms with E-state index in [9.17, 15) is 0 Å². The summed E-state index contributed by atoms with van der Waals surface area (Å²) >= 11 is 5.92. The highest BCUT2D eigenvalue weighted by Crippen LogP contribution is 2.23. The molecular weight excluding hydrogens is 264 g/mol. The molecule has 6 nitrogen and oxygen atoms in total. The number of halogens is 1. The predicted octanol–water partition coefficient (Wildman–Crippen LogP) is 2.04. The molecule has 0 bridgehead atoms. The van der Waals surface area contributed by atoms with Crippen molar-refractivity contribution in [2.24, 2.45) is 0 Å². The monoisotopic (exact) mass is 274 g/mol. The predicted molar refractivity (Wildman–Crippen MR) is 73.0 cm³/mol. The van der Waals surface area contributed by atoms with E-state index < -0.39 is 0 Å². The Morgan fingerprint density at radius 3 is 3.00 bits per heavy atom. The van der Waals surface area contributed by atoms with Crippen LogP contribution in [0.15, 0.2) is 30.6 Å². The van der Waals surface area contributed by atoms with Crippen LogP contribution in [0.5, 0.6) is 0 Å². The average molecular weight is 275 g/mol. The number of anilines is 1. The van der Waals surface area contributed by atoms with Crippen LogP contribution in [0.3, 0.4) is 0 Å². The fourth-order valence-corrected chi connectivity index (χ4v) is 2.06. The molecule has 3 aromatic rings. The van der Waals surface area contributed by atoms with Gasteiger partial charge in [0.2, 0.25) is 5.28 Å². The van der Waals surface area contributed by atoms with Crippen LogP contribution in [0.2, 0.25) is 5.28 Å². The minimum Gasteiger partial charge on any atom is -0.353 e. The van der Waals surface area contributed by atoms with Gasteiger partial charge < -0.3 is 4.90 Å². The third-order valence-electron chi connectivity index (χ3n) is 2.75. The lowest BCUT2D eigenvalue weighted by atomic mass is 10.3. The van der Waals surface area contributed by atoms with Gasteiger partial charge in [-0.2, -0.15) is 15.1 Å². The van der Waals surface area contributed by atoms with Crippen LogP contribution in [-0.4, -0.2) is 32.2 Å². The average Bonchev–Trinajstić information content (AvgIpc) is 2.86. The van der Waals surface area contributed by atoms with Gasteiger partial charge >= 0.3 is 0 Å². The van der Waals surface area contributed by atoms with Gasteiger partial charge in [-0.25, -0.2) is 0 Å². The Balaban J connectivity index is 1.97. The molecule has 0 spiro atoms. The molecule has 96 valence electrons. The van der Waals surface area contributed by atoms with E-state index in [1.165, 1.54) is 0 Å². The Labute approximate surface area is 114 Å². The summed E-state index contributed by atoms with van der Waals surface area (Å²) in [5.41, 5.74) is 1.58. The highest BCUT2D eigenvalue weighted by atomic mass is 35.5. The molecule has 7 heteroatoms. The maximum atomic E-state index is 5.92. The molecule has 3 rings (SSSR count). The van der Waals surface area contributed by atoms with E-state index in [0.29, 0.717) is 12.2 Å². The van der Waals surface area contributed by atoms with E-state index in [1.54, 1.807) is 12.4 Å². The second kappa shape index (κ2) is 4.81. The van der Waals surface area contributed by atoms with E-state index in [2.05, 4.69) is 25.1 Å². The van der Waals surface area contributed by atoms with Gasteiger partial charge in [0.25, 0.3) is 0 Å². The molecule has 0 unspecified atom stereocenters. The molecule has 0 atom stereocenters. The van der Waals surface area contributed by atoms with Crippen LogP contribution in [0.25, 0.3) is 11.0 Å². The van der Waals surface area contributed by atoms with Crippen LogP contribution in [0.4, 0.5) is 5.82 Å².